The molecule has 5 N–H and O–H groups in total. The number of pyridine rings is 1. The van der Waals surface area contributed by atoms with E-state index in [1.54, 1.807) is 19.9 Å². The zero-order valence-electron chi connectivity index (χ0n) is 14.3. The minimum absolute atomic E-state index is 0.0215. The Kier molecular flexibility index (Phi) is 6.14. The summed E-state index contributed by atoms with van der Waals surface area (Å²) in [5.41, 5.74) is 6.61. The molecule has 2 rings (SSSR count). The van der Waals surface area contributed by atoms with Crippen molar-refractivity contribution in [1.82, 2.24) is 15.6 Å². The fraction of sp³-hybridized carbons (Fsp3) is 0.588. The molecule has 132 valence electrons. The van der Waals surface area contributed by atoms with E-state index in [4.69, 9.17) is 5.73 Å². The zero-order valence-corrected chi connectivity index (χ0v) is 14.3. The SMILES string of the molecule is Cc1cc(C)c(C(=O)N[C@H]2CC[C@H](NC(=O)CCN)CC2)c(=O)[nH]1. The monoisotopic (exact) mass is 334 g/mol. The van der Waals surface area contributed by atoms with Crippen LogP contribution in [-0.4, -0.2) is 35.4 Å². The second kappa shape index (κ2) is 8.10. The van der Waals surface area contributed by atoms with E-state index in [9.17, 15) is 14.4 Å². The van der Waals surface area contributed by atoms with Gasteiger partial charge in [0.05, 0.1) is 0 Å². The topological polar surface area (TPSA) is 117 Å². The Balaban J connectivity index is 1.89. The van der Waals surface area contributed by atoms with Gasteiger partial charge in [-0.2, -0.15) is 0 Å². The number of carbonyl (C=O) groups is 2. The van der Waals surface area contributed by atoms with Crippen molar-refractivity contribution in [2.45, 2.75) is 58.0 Å². The third-order valence-corrected chi connectivity index (χ3v) is 4.39. The number of hydrogen-bond donors (Lipinski definition) is 4. The second-order valence-corrected chi connectivity index (χ2v) is 6.47. The molecular weight excluding hydrogens is 308 g/mol. The largest absolute Gasteiger partial charge is 0.353 e. The van der Waals surface area contributed by atoms with Crippen LogP contribution in [0.3, 0.4) is 0 Å². The fourth-order valence-electron chi connectivity index (χ4n) is 3.21. The Morgan fingerprint density at radius 2 is 1.75 bits per heavy atom. The lowest BCUT2D eigenvalue weighted by Crippen LogP contribution is -2.45. The smallest absolute Gasteiger partial charge is 0.261 e. The Bertz CT molecular complexity index is 660. The standard InChI is InChI=1S/C17H26N4O3/c1-10-9-11(2)19-16(23)15(10)17(24)21-13-5-3-12(4-6-13)20-14(22)7-8-18/h9,12-13H,3-8,18H2,1-2H3,(H,19,23)(H,20,22)(H,21,24)/t12-,13-. The Hall–Kier alpha value is -2.15. The molecule has 7 heteroatoms. The molecule has 1 fully saturated rings. The quantitative estimate of drug-likeness (QED) is 0.627. The molecule has 1 aromatic heterocycles. The number of nitrogens with two attached hydrogens (primary N) is 1. The number of rotatable bonds is 5. The summed E-state index contributed by atoms with van der Waals surface area (Å²) in [6.07, 6.45) is 3.52. The van der Waals surface area contributed by atoms with Crippen LogP contribution in [0.25, 0.3) is 0 Å². The van der Waals surface area contributed by atoms with Gasteiger partial charge in [0.25, 0.3) is 11.5 Å². The highest BCUT2D eigenvalue weighted by atomic mass is 16.2. The molecular formula is C17H26N4O3. The van der Waals surface area contributed by atoms with Crippen molar-refractivity contribution in [1.29, 1.82) is 0 Å². The first-order chi connectivity index (χ1) is 11.4. The minimum atomic E-state index is -0.354. The minimum Gasteiger partial charge on any atom is -0.353 e. The molecule has 1 aliphatic rings. The van der Waals surface area contributed by atoms with Crippen molar-refractivity contribution in [2.24, 2.45) is 5.73 Å². The zero-order chi connectivity index (χ0) is 17.7. The van der Waals surface area contributed by atoms with E-state index < -0.39 is 0 Å². The predicted molar refractivity (Wildman–Crippen MR) is 91.9 cm³/mol. The van der Waals surface area contributed by atoms with Gasteiger partial charge < -0.3 is 21.4 Å². The highest BCUT2D eigenvalue weighted by Crippen LogP contribution is 2.19. The van der Waals surface area contributed by atoms with E-state index in [1.807, 2.05) is 0 Å². The van der Waals surface area contributed by atoms with Crippen LogP contribution in [-0.2, 0) is 4.79 Å². The van der Waals surface area contributed by atoms with Crippen LogP contribution in [0.1, 0.15) is 53.7 Å². The summed E-state index contributed by atoms with van der Waals surface area (Å²) in [7, 11) is 0. The molecule has 0 aromatic carbocycles. The molecule has 0 bridgehead atoms. The van der Waals surface area contributed by atoms with Crippen molar-refractivity contribution < 1.29 is 9.59 Å². The van der Waals surface area contributed by atoms with Gasteiger partial charge in [-0.1, -0.05) is 0 Å². The summed E-state index contributed by atoms with van der Waals surface area (Å²) in [5, 5.41) is 5.91. The number of aryl methyl sites for hydroxylation is 2. The molecule has 0 atom stereocenters. The van der Waals surface area contributed by atoms with Crippen LogP contribution in [0, 0.1) is 13.8 Å². The van der Waals surface area contributed by atoms with Gasteiger partial charge in [-0.25, -0.2) is 0 Å². The molecule has 0 aliphatic heterocycles. The number of nitrogens with one attached hydrogen (secondary N) is 3. The van der Waals surface area contributed by atoms with E-state index in [1.165, 1.54) is 0 Å². The van der Waals surface area contributed by atoms with Crippen LogP contribution in [0.2, 0.25) is 0 Å². The Morgan fingerprint density at radius 1 is 1.17 bits per heavy atom. The summed E-state index contributed by atoms with van der Waals surface area (Å²) >= 11 is 0. The molecule has 1 saturated carbocycles. The molecule has 1 aromatic rings. The average Bonchev–Trinajstić information content (AvgIpc) is 2.48. The van der Waals surface area contributed by atoms with Crippen molar-refractivity contribution in [3.8, 4) is 0 Å². The lowest BCUT2D eigenvalue weighted by Gasteiger charge is -2.29. The lowest BCUT2D eigenvalue weighted by molar-refractivity contribution is -0.121. The number of amides is 2. The first-order valence-electron chi connectivity index (χ1n) is 8.41. The summed E-state index contributed by atoms with van der Waals surface area (Å²) in [6.45, 7) is 3.90. The van der Waals surface area contributed by atoms with Crippen LogP contribution in [0.4, 0.5) is 0 Å². The van der Waals surface area contributed by atoms with E-state index in [0.717, 1.165) is 31.4 Å². The van der Waals surface area contributed by atoms with Gasteiger partial charge in [-0.05, 0) is 51.2 Å². The van der Waals surface area contributed by atoms with Gasteiger partial charge in [-0.15, -0.1) is 0 Å². The molecule has 0 spiro atoms. The summed E-state index contributed by atoms with van der Waals surface area (Å²) < 4.78 is 0. The molecule has 1 aliphatic carbocycles. The van der Waals surface area contributed by atoms with Crippen molar-refractivity contribution in [2.75, 3.05) is 6.54 Å². The highest BCUT2D eigenvalue weighted by Gasteiger charge is 2.25. The van der Waals surface area contributed by atoms with Crippen LogP contribution < -0.4 is 21.9 Å². The summed E-state index contributed by atoms with van der Waals surface area (Å²) in [4.78, 5) is 38.6. The van der Waals surface area contributed by atoms with Crippen LogP contribution in [0.15, 0.2) is 10.9 Å². The van der Waals surface area contributed by atoms with Crippen LogP contribution in [0.5, 0.6) is 0 Å². The van der Waals surface area contributed by atoms with Gasteiger partial charge >= 0.3 is 0 Å². The van der Waals surface area contributed by atoms with E-state index in [0.29, 0.717) is 18.5 Å². The number of H-pyrrole nitrogens is 1. The van der Waals surface area contributed by atoms with E-state index >= 15 is 0 Å². The molecule has 0 saturated heterocycles. The average molecular weight is 334 g/mol. The molecule has 0 unspecified atom stereocenters. The highest BCUT2D eigenvalue weighted by molar-refractivity contribution is 5.95. The second-order valence-electron chi connectivity index (χ2n) is 6.47. The van der Waals surface area contributed by atoms with Gasteiger partial charge in [-0.3, -0.25) is 14.4 Å². The van der Waals surface area contributed by atoms with Crippen molar-refractivity contribution >= 4 is 11.8 Å². The van der Waals surface area contributed by atoms with E-state index in [-0.39, 0.29) is 35.0 Å². The van der Waals surface area contributed by atoms with Gasteiger partial charge in [0, 0.05) is 30.7 Å². The Labute approximate surface area is 141 Å². The maximum atomic E-state index is 12.4. The van der Waals surface area contributed by atoms with Gasteiger partial charge in [0.2, 0.25) is 5.91 Å². The maximum Gasteiger partial charge on any atom is 0.261 e. The van der Waals surface area contributed by atoms with E-state index in [2.05, 4.69) is 15.6 Å². The summed E-state index contributed by atoms with van der Waals surface area (Å²) in [6, 6.07) is 1.96. The van der Waals surface area contributed by atoms with Gasteiger partial charge in [0.1, 0.15) is 5.56 Å². The first-order valence-corrected chi connectivity index (χ1v) is 8.41. The third-order valence-electron chi connectivity index (χ3n) is 4.39. The first kappa shape index (κ1) is 18.2. The molecule has 1 heterocycles. The lowest BCUT2D eigenvalue weighted by atomic mass is 9.90. The van der Waals surface area contributed by atoms with Crippen molar-refractivity contribution in [3.05, 3.63) is 33.2 Å². The molecule has 24 heavy (non-hydrogen) atoms. The van der Waals surface area contributed by atoms with Gasteiger partial charge in [0.15, 0.2) is 0 Å². The molecule has 2 amide bonds. The normalized spacial score (nSPS) is 20.5. The number of carbonyl (C=O) groups excluding carboxylic acids is 2. The summed E-state index contributed by atoms with van der Waals surface area (Å²) in [5.74, 6) is -0.351. The predicted octanol–water partition coefficient (Wildman–Crippen LogP) is 0.498. The molecule has 0 radical (unpaired) electrons. The molecule has 7 nitrogen and oxygen atoms in total. The number of aromatic amines is 1. The number of aromatic nitrogens is 1. The third kappa shape index (κ3) is 4.67. The number of hydrogen-bond acceptors (Lipinski definition) is 4. The Morgan fingerprint density at radius 3 is 2.29 bits per heavy atom. The maximum absolute atomic E-state index is 12.4. The van der Waals surface area contributed by atoms with Crippen molar-refractivity contribution in [3.63, 3.8) is 0 Å². The fourth-order valence-corrected chi connectivity index (χ4v) is 3.21. The van der Waals surface area contributed by atoms with Crippen LogP contribution >= 0.6 is 0 Å².